The van der Waals surface area contributed by atoms with Crippen LogP contribution in [0, 0.1) is 0 Å². The van der Waals surface area contributed by atoms with Crippen molar-refractivity contribution in [2.24, 2.45) is 0 Å². The number of hydrogen-bond donors (Lipinski definition) is 3. The fourth-order valence-corrected chi connectivity index (χ4v) is 11.2. The minimum atomic E-state index is -4.94. The molecule has 0 amide bonds. The Bertz CT molecular complexity index is 1600. The molecule has 0 saturated heterocycles. The van der Waals surface area contributed by atoms with Crippen LogP contribution in [0.1, 0.15) is 329 Å². The summed E-state index contributed by atoms with van der Waals surface area (Å²) < 4.78 is 67.9. The number of aliphatic hydroxyl groups excluding tert-OH is 1. The zero-order chi connectivity index (χ0) is 61.2. The van der Waals surface area contributed by atoms with E-state index in [4.69, 9.17) is 37.0 Å². The molecule has 83 heavy (non-hydrogen) atoms. The van der Waals surface area contributed by atoms with Crippen LogP contribution in [-0.4, -0.2) is 96.7 Å². The maximum Gasteiger partial charge on any atom is 0.472 e. The Morgan fingerprint density at radius 3 is 0.711 bits per heavy atom. The Morgan fingerprint density at radius 2 is 0.482 bits per heavy atom. The Morgan fingerprint density at radius 1 is 0.289 bits per heavy atom. The molecule has 19 heteroatoms. The van der Waals surface area contributed by atoms with Crippen molar-refractivity contribution < 1.29 is 80.2 Å². The lowest BCUT2D eigenvalue weighted by Crippen LogP contribution is -2.30. The highest BCUT2D eigenvalue weighted by Crippen LogP contribution is 2.45. The van der Waals surface area contributed by atoms with E-state index >= 15 is 0 Å². The van der Waals surface area contributed by atoms with Gasteiger partial charge < -0.3 is 33.8 Å². The third kappa shape index (κ3) is 58.8. The number of phosphoric acid groups is 2. The van der Waals surface area contributed by atoms with Crippen LogP contribution in [0.3, 0.4) is 0 Å². The van der Waals surface area contributed by atoms with Crippen molar-refractivity contribution >= 4 is 39.5 Å². The number of esters is 4. The molecule has 0 aliphatic carbocycles. The van der Waals surface area contributed by atoms with E-state index in [9.17, 15) is 43.2 Å². The van der Waals surface area contributed by atoms with Crippen LogP contribution in [-0.2, 0) is 65.4 Å². The van der Waals surface area contributed by atoms with E-state index in [1.807, 2.05) is 0 Å². The van der Waals surface area contributed by atoms with Gasteiger partial charge in [0, 0.05) is 25.7 Å². The first kappa shape index (κ1) is 81.1. The number of unbranched alkanes of at least 4 members (excludes halogenated alkanes) is 39. The van der Waals surface area contributed by atoms with Gasteiger partial charge in [-0.1, -0.05) is 278 Å². The predicted molar refractivity (Wildman–Crippen MR) is 331 cm³/mol. The lowest BCUT2D eigenvalue weighted by molar-refractivity contribution is -0.161. The van der Waals surface area contributed by atoms with E-state index in [1.54, 1.807) is 0 Å². The van der Waals surface area contributed by atoms with Crippen LogP contribution in [0.25, 0.3) is 0 Å². The summed E-state index contributed by atoms with van der Waals surface area (Å²) in [6.45, 7) is 4.83. The third-order valence-corrected chi connectivity index (χ3v) is 16.8. The van der Waals surface area contributed by atoms with Crippen molar-refractivity contribution in [3.8, 4) is 0 Å². The smallest absolute Gasteiger partial charge is 0.462 e. The summed E-state index contributed by atoms with van der Waals surface area (Å²) in [5, 5.41) is 10.5. The van der Waals surface area contributed by atoms with Crippen LogP contribution >= 0.6 is 15.6 Å². The average Bonchev–Trinajstić information content (AvgIpc) is 3.47. The molecule has 0 saturated carbocycles. The molecule has 0 bridgehead atoms. The van der Waals surface area contributed by atoms with Crippen molar-refractivity contribution in [3.63, 3.8) is 0 Å². The molecule has 0 aromatic heterocycles. The van der Waals surface area contributed by atoms with E-state index in [1.165, 1.54) is 154 Å². The normalized spacial score (nSPS) is 14.2. The maximum absolute atomic E-state index is 13.0. The first-order chi connectivity index (χ1) is 40.2. The molecule has 2 unspecified atom stereocenters. The predicted octanol–water partition coefficient (Wildman–Crippen LogP) is 17.9. The summed E-state index contributed by atoms with van der Waals surface area (Å²) in [7, 11) is -9.88. The van der Waals surface area contributed by atoms with E-state index in [-0.39, 0.29) is 25.7 Å². The molecule has 17 nitrogen and oxygen atoms in total. The Labute approximate surface area is 505 Å². The number of hydrogen-bond acceptors (Lipinski definition) is 15. The Hall–Kier alpha value is -1.94. The van der Waals surface area contributed by atoms with Crippen LogP contribution in [0.2, 0.25) is 0 Å². The maximum atomic E-state index is 13.0. The minimum absolute atomic E-state index is 0.103. The van der Waals surface area contributed by atoms with Crippen molar-refractivity contribution in [2.45, 2.75) is 348 Å². The molecular formula is C64H124O17P2. The molecule has 0 aliphatic rings. The SMILES string of the molecule is CCCCCCCCCCCCCCCCCC(=O)O[C@H](COC(=O)CCCCCCCCCCCCC)COP(=O)(O)OC[C@H](O)COP(=O)(O)OC[C@@H](COC(=O)CCCCCCCCCCCCC)OC(=O)CCCCCCCC. The molecule has 0 heterocycles. The minimum Gasteiger partial charge on any atom is -0.462 e. The molecule has 5 atom stereocenters. The first-order valence-electron chi connectivity index (χ1n) is 33.8. The fourth-order valence-electron chi connectivity index (χ4n) is 9.63. The van der Waals surface area contributed by atoms with Gasteiger partial charge in [-0.15, -0.1) is 0 Å². The summed E-state index contributed by atoms with van der Waals surface area (Å²) in [5.74, 6) is -2.14. The third-order valence-electron chi connectivity index (χ3n) is 14.9. The molecule has 0 rings (SSSR count). The lowest BCUT2D eigenvalue weighted by Gasteiger charge is -2.21. The van der Waals surface area contributed by atoms with Crippen LogP contribution < -0.4 is 0 Å². The van der Waals surface area contributed by atoms with Gasteiger partial charge in [0.15, 0.2) is 12.2 Å². The highest BCUT2D eigenvalue weighted by Gasteiger charge is 2.30. The molecule has 3 N–H and O–H groups in total. The quantitative estimate of drug-likeness (QED) is 0.0222. The van der Waals surface area contributed by atoms with Crippen molar-refractivity contribution in [1.29, 1.82) is 0 Å². The van der Waals surface area contributed by atoms with Crippen LogP contribution in [0.5, 0.6) is 0 Å². The summed E-state index contributed by atoms with van der Waals surface area (Å²) in [6, 6.07) is 0. The highest BCUT2D eigenvalue weighted by atomic mass is 31.2. The van der Waals surface area contributed by atoms with Gasteiger partial charge in [-0.2, -0.15) is 0 Å². The van der Waals surface area contributed by atoms with Crippen LogP contribution in [0.4, 0.5) is 0 Å². The monoisotopic (exact) mass is 1230 g/mol. The highest BCUT2D eigenvalue weighted by molar-refractivity contribution is 7.47. The van der Waals surface area contributed by atoms with Gasteiger partial charge in [0.25, 0.3) is 0 Å². The van der Waals surface area contributed by atoms with Crippen molar-refractivity contribution in [2.75, 3.05) is 39.6 Å². The van der Waals surface area contributed by atoms with Gasteiger partial charge in [0.2, 0.25) is 0 Å². The number of aliphatic hydroxyl groups is 1. The van der Waals surface area contributed by atoms with E-state index < -0.39 is 97.5 Å². The van der Waals surface area contributed by atoms with E-state index in [0.29, 0.717) is 25.7 Å². The molecule has 0 aromatic carbocycles. The van der Waals surface area contributed by atoms with Crippen LogP contribution in [0.15, 0.2) is 0 Å². The zero-order valence-electron chi connectivity index (χ0n) is 53.2. The summed E-state index contributed by atoms with van der Waals surface area (Å²) in [4.78, 5) is 72.0. The Kier molecular flexibility index (Phi) is 57.7. The van der Waals surface area contributed by atoms with Gasteiger partial charge in [-0.05, 0) is 25.7 Å². The van der Waals surface area contributed by atoms with E-state index in [0.717, 1.165) is 96.3 Å². The van der Waals surface area contributed by atoms with Gasteiger partial charge in [0.05, 0.1) is 26.4 Å². The number of rotatable bonds is 65. The zero-order valence-corrected chi connectivity index (χ0v) is 54.9. The van der Waals surface area contributed by atoms with Gasteiger partial charge in [-0.3, -0.25) is 37.3 Å². The van der Waals surface area contributed by atoms with Crippen molar-refractivity contribution in [1.82, 2.24) is 0 Å². The Balaban J connectivity index is 5.16. The molecule has 492 valence electrons. The number of carbonyl (C=O) groups is 4. The molecular weight excluding hydrogens is 1100 g/mol. The molecule has 0 fully saturated rings. The molecule has 0 spiro atoms. The second-order valence-electron chi connectivity index (χ2n) is 23.2. The summed E-state index contributed by atoms with van der Waals surface area (Å²) >= 11 is 0. The van der Waals surface area contributed by atoms with Gasteiger partial charge in [-0.25, -0.2) is 9.13 Å². The van der Waals surface area contributed by atoms with E-state index in [2.05, 4.69) is 27.7 Å². The van der Waals surface area contributed by atoms with Gasteiger partial charge >= 0.3 is 39.5 Å². The summed E-state index contributed by atoms with van der Waals surface area (Å²) in [6.07, 6.45) is 44.6. The number of phosphoric ester groups is 2. The van der Waals surface area contributed by atoms with Gasteiger partial charge in [0.1, 0.15) is 19.3 Å². The molecule has 0 aliphatic heterocycles. The molecule has 0 aromatic rings. The average molecular weight is 1230 g/mol. The standard InChI is InChI=1S/C64H124O17P2/c1-5-9-13-17-21-24-27-28-29-30-33-36-39-43-47-51-64(69)81-60(55-75-62(67)49-45-42-38-35-32-26-23-19-15-11-7-3)57-79-83(72,73)77-53-58(65)52-76-82(70,71)78-56-59(80-63(68)50-46-40-20-16-12-8-4)54-74-61(66)48-44-41-37-34-31-25-22-18-14-10-6-2/h58-60,65H,5-57H2,1-4H3,(H,70,71)(H,72,73)/t58-,59-,60-/m1/s1. The number of carbonyl (C=O) groups excluding carboxylic acids is 4. The largest absolute Gasteiger partial charge is 0.472 e. The summed E-state index contributed by atoms with van der Waals surface area (Å²) in [5.41, 5.74) is 0. The fraction of sp³-hybridized carbons (Fsp3) is 0.938. The topological polar surface area (TPSA) is 237 Å². The second kappa shape index (κ2) is 59.0. The molecule has 0 radical (unpaired) electrons. The first-order valence-corrected chi connectivity index (χ1v) is 36.8. The van der Waals surface area contributed by atoms with Crippen molar-refractivity contribution in [3.05, 3.63) is 0 Å². The number of ether oxygens (including phenoxy) is 4. The second-order valence-corrected chi connectivity index (χ2v) is 26.1. The lowest BCUT2D eigenvalue weighted by atomic mass is 10.0.